The van der Waals surface area contributed by atoms with Crippen LogP contribution in [0.2, 0.25) is 10.0 Å². The molecule has 36 heavy (non-hydrogen) atoms. The molecule has 0 aliphatic rings. The Bertz CT molecular complexity index is 1300. The molecular weight excluding hydrogens is 521 g/mol. The first-order valence-corrected chi connectivity index (χ1v) is 11.1. The number of rotatable bonds is 9. The maximum atomic E-state index is 13.3. The van der Waals surface area contributed by atoms with E-state index in [1.54, 1.807) is 13.0 Å². The topological polar surface area (TPSA) is 127 Å². The molecule has 0 atom stereocenters. The van der Waals surface area contributed by atoms with Crippen LogP contribution in [-0.4, -0.2) is 52.6 Å². The second-order valence-electron chi connectivity index (χ2n) is 7.31. The molecular formula is C22H20Cl2F2N6O4. The molecule has 0 spiro atoms. The normalized spacial score (nSPS) is 10.9. The van der Waals surface area contributed by atoms with E-state index in [1.807, 2.05) is 0 Å². The number of aromatic nitrogens is 3. The number of amides is 3. The number of nitrogens with zero attached hydrogens (tertiary/aromatic N) is 3. The van der Waals surface area contributed by atoms with Gasteiger partial charge in [0, 0.05) is 18.3 Å². The lowest BCUT2D eigenvalue weighted by molar-refractivity contribution is -0.126. The highest BCUT2D eigenvalue weighted by atomic mass is 35.5. The summed E-state index contributed by atoms with van der Waals surface area (Å²) in [6.45, 7) is 0.354. The van der Waals surface area contributed by atoms with Crippen LogP contribution in [0.1, 0.15) is 26.3 Å². The van der Waals surface area contributed by atoms with Gasteiger partial charge in [0.25, 0.3) is 18.2 Å². The van der Waals surface area contributed by atoms with Gasteiger partial charge in [0.2, 0.25) is 5.91 Å². The Labute approximate surface area is 213 Å². The first-order chi connectivity index (χ1) is 17.1. The maximum Gasteiger partial charge on any atom is 0.277 e. The Morgan fingerprint density at radius 3 is 2.58 bits per heavy atom. The summed E-state index contributed by atoms with van der Waals surface area (Å²) in [5.74, 6) is -2.04. The number of aryl methyl sites for hydroxylation is 1. The van der Waals surface area contributed by atoms with Crippen molar-refractivity contribution >= 4 is 46.6 Å². The number of hydrogen-bond donors (Lipinski definition) is 3. The van der Waals surface area contributed by atoms with Gasteiger partial charge < -0.3 is 10.6 Å². The predicted octanol–water partition coefficient (Wildman–Crippen LogP) is 3.49. The van der Waals surface area contributed by atoms with Crippen molar-refractivity contribution in [3.05, 3.63) is 63.4 Å². The van der Waals surface area contributed by atoms with Gasteiger partial charge in [-0.3, -0.25) is 28.9 Å². The molecule has 0 bridgehead atoms. The average Bonchev–Trinajstić information content (AvgIpc) is 3.23. The fourth-order valence-corrected chi connectivity index (χ4v) is 3.68. The average molecular weight is 541 g/mol. The molecule has 1 aromatic carbocycles. The van der Waals surface area contributed by atoms with Gasteiger partial charge in [-0.2, -0.15) is 5.10 Å². The van der Waals surface area contributed by atoms with Gasteiger partial charge in [-0.25, -0.2) is 14.3 Å². The summed E-state index contributed by atoms with van der Waals surface area (Å²) in [5, 5.41) is 9.17. The lowest BCUT2D eigenvalue weighted by Crippen LogP contribution is -2.31. The highest BCUT2D eigenvalue weighted by Crippen LogP contribution is 2.31. The molecule has 0 unspecified atom stereocenters. The summed E-state index contributed by atoms with van der Waals surface area (Å²) in [7, 11) is 1.40. The Hall–Kier alpha value is -3.61. The van der Waals surface area contributed by atoms with Crippen LogP contribution in [0.5, 0.6) is 0 Å². The van der Waals surface area contributed by atoms with Crippen molar-refractivity contribution in [2.24, 2.45) is 0 Å². The highest BCUT2D eigenvalue weighted by Gasteiger charge is 2.25. The molecule has 0 aliphatic heterocycles. The number of alkyl halides is 2. The Balaban J connectivity index is 1.97. The standard InChI is InChI=1S/C22H20Cl2F2N6O4/c1-11-6-12(23)7-13(22(35)31-36-10-17(33)27-2)18(11)30-21(34)14-8-29-32(9-16(25)26)20(14)19-15(24)4-3-5-28-19/h3-8,16H,9-10H2,1-2H3,(H,27,33)(H,30,34)(H,31,35). The minimum absolute atomic E-state index is 0.0232. The summed E-state index contributed by atoms with van der Waals surface area (Å²) < 4.78 is 27.3. The largest absolute Gasteiger partial charge is 0.357 e. The van der Waals surface area contributed by atoms with Crippen LogP contribution in [0, 0.1) is 6.92 Å². The van der Waals surface area contributed by atoms with Crippen molar-refractivity contribution in [2.75, 3.05) is 19.0 Å². The second kappa shape index (κ2) is 11.9. The Morgan fingerprint density at radius 2 is 1.92 bits per heavy atom. The van der Waals surface area contributed by atoms with Crippen LogP contribution in [0.3, 0.4) is 0 Å². The molecule has 0 radical (unpaired) electrons. The lowest BCUT2D eigenvalue weighted by atomic mass is 10.1. The zero-order valence-electron chi connectivity index (χ0n) is 18.9. The Kier molecular flexibility index (Phi) is 8.91. The van der Waals surface area contributed by atoms with Crippen molar-refractivity contribution in [1.29, 1.82) is 0 Å². The van der Waals surface area contributed by atoms with Gasteiger partial charge in [-0.05, 0) is 36.8 Å². The van der Waals surface area contributed by atoms with E-state index in [0.717, 1.165) is 10.9 Å². The third-order valence-electron chi connectivity index (χ3n) is 4.81. The molecule has 190 valence electrons. The van der Waals surface area contributed by atoms with Crippen molar-refractivity contribution in [3.63, 3.8) is 0 Å². The van der Waals surface area contributed by atoms with E-state index in [4.69, 9.17) is 28.0 Å². The van der Waals surface area contributed by atoms with E-state index in [0.29, 0.717) is 5.56 Å². The Morgan fingerprint density at radius 1 is 1.17 bits per heavy atom. The first-order valence-electron chi connectivity index (χ1n) is 10.3. The number of carbonyl (C=O) groups is 3. The predicted molar refractivity (Wildman–Crippen MR) is 128 cm³/mol. The van der Waals surface area contributed by atoms with Crippen molar-refractivity contribution in [2.45, 2.75) is 19.9 Å². The minimum Gasteiger partial charge on any atom is -0.357 e. The smallest absolute Gasteiger partial charge is 0.277 e. The second-order valence-corrected chi connectivity index (χ2v) is 8.15. The quantitative estimate of drug-likeness (QED) is 0.356. The van der Waals surface area contributed by atoms with Crippen LogP contribution in [-0.2, 0) is 16.2 Å². The van der Waals surface area contributed by atoms with Gasteiger partial charge in [0.05, 0.1) is 28.0 Å². The molecule has 0 fully saturated rings. The molecule has 0 saturated heterocycles. The summed E-state index contributed by atoms with van der Waals surface area (Å²) in [6, 6.07) is 5.85. The van der Waals surface area contributed by atoms with Gasteiger partial charge in [0.15, 0.2) is 6.61 Å². The molecule has 2 heterocycles. The third-order valence-corrected chi connectivity index (χ3v) is 5.33. The van der Waals surface area contributed by atoms with Crippen LogP contribution < -0.4 is 16.1 Å². The number of benzene rings is 1. The fourth-order valence-electron chi connectivity index (χ4n) is 3.19. The number of nitrogens with one attached hydrogen (secondary N) is 3. The summed E-state index contributed by atoms with van der Waals surface area (Å²) in [6.07, 6.45) is -0.256. The summed E-state index contributed by atoms with van der Waals surface area (Å²) in [4.78, 5) is 46.3. The highest BCUT2D eigenvalue weighted by molar-refractivity contribution is 6.33. The molecule has 10 nitrogen and oxygen atoms in total. The van der Waals surface area contributed by atoms with Crippen LogP contribution in [0.25, 0.3) is 11.4 Å². The zero-order valence-corrected chi connectivity index (χ0v) is 20.5. The zero-order chi connectivity index (χ0) is 26.4. The molecule has 14 heteroatoms. The van der Waals surface area contributed by atoms with Crippen LogP contribution in [0.15, 0.2) is 36.7 Å². The van der Waals surface area contributed by atoms with Crippen LogP contribution >= 0.6 is 23.2 Å². The lowest BCUT2D eigenvalue weighted by Gasteiger charge is -2.15. The molecule has 2 aromatic heterocycles. The van der Waals surface area contributed by atoms with E-state index in [9.17, 15) is 23.2 Å². The molecule has 3 aromatic rings. The van der Waals surface area contributed by atoms with Gasteiger partial charge in [-0.15, -0.1) is 0 Å². The number of anilines is 1. The molecule has 3 N–H and O–H groups in total. The maximum absolute atomic E-state index is 13.3. The monoisotopic (exact) mass is 540 g/mol. The van der Waals surface area contributed by atoms with Crippen molar-refractivity contribution in [1.82, 2.24) is 25.6 Å². The number of hydroxylamine groups is 1. The fraction of sp³-hybridized carbons (Fsp3) is 0.227. The SMILES string of the molecule is CNC(=O)CONC(=O)c1cc(Cl)cc(C)c1NC(=O)c1cnn(CC(F)F)c1-c1ncccc1Cl. The van der Waals surface area contributed by atoms with Gasteiger partial charge in [-0.1, -0.05) is 23.2 Å². The van der Waals surface area contributed by atoms with Crippen molar-refractivity contribution in [3.8, 4) is 11.4 Å². The van der Waals surface area contributed by atoms with E-state index >= 15 is 0 Å². The first kappa shape index (κ1) is 27.0. The van der Waals surface area contributed by atoms with E-state index < -0.39 is 37.3 Å². The third kappa shape index (κ3) is 6.33. The van der Waals surface area contributed by atoms with Gasteiger partial charge in [0.1, 0.15) is 17.9 Å². The van der Waals surface area contributed by atoms with E-state index in [2.05, 4.69) is 26.2 Å². The number of likely N-dealkylation sites (N-methyl/N-ethyl adjacent to an activating group) is 1. The number of halogens is 4. The van der Waals surface area contributed by atoms with Crippen LogP contribution in [0.4, 0.5) is 14.5 Å². The molecule has 3 amide bonds. The minimum atomic E-state index is -2.76. The number of carbonyl (C=O) groups excluding carboxylic acids is 3. The number of hydrogen-bond acceptors (Lipinski definition) is 6. The molecule has 0 aliphatic carbocycles. The number of pyridine rings is 1. The van der Waals surface area contributed by atoms with Crippen molar-refractivity contribution < 1.29 is 28.0 Å². The van der Waals surface area contributed by atoms with Gasteiger partial charge >= 0.3 is 0 Å². The molecule has 0 saturated carbocycles. The van der Waals surface area contributed by atoms with E-state index in [-0.39, 0.29) is 38.2 Å². The summed E-state index contributed by atoms with van der Waals surface area (Å²) in [5.41, 5.74) is 2.49. The van der Waals surface area contributed by atoms with E-state index in [1.165, 1.54) is 31.4 Å². The summed E-state index contributed by atoms with van der Waals surface area (Å²) >= 11 is 12.3. The molecule has 3 rings (SSSR count).